The van der Waals surface area contributed by atoms with Crippen molar-refractivity contribution in [1.82, 2.24) is 0 Å². The summed E-state index contributed by atoms with van der Waals surface area (Å²) < 4.78 is 5.33. The van der Waals surface area contributed by atoms with Gasteiger partial charge in [-0.3, -0.25) is 4.79 Å². The van der Waals surface area contributed by atoms with Crippen LogP contribution in [0.25, 0.3) is 0 Å². The van der Waals surface area contributed by atoms with E-state index in [1.54, 1.807) is 6.92 Å². The Kier molecular flexibility index (Phi) is 4.27. The second kappa shape index (κ2) is 5.93. The quantitative estimate of drug-likeness (QED) is 0.867. The van der Waals surface area contributed by atoms with Crippen molar-refractivity contribution < 1.29 is 14.6 Å². The second-order valence-electron chi connectivity index (χ2n) is 4.80. The lowest BCUT2D eigenvalue weighted by Crippen LogP contribution is -2.36. The van der Waals surface area contributed by atoms with Gasteiger partial charge in [-0.05, 0) is 37.6 Å². The minimum atomic E-state index is -0.850. The Morgan fingerprint density at radius 3 is 2.68 bits per heavy atom. The number of anilines is 2. The summed E-state index contributed by atoms with van der Waals surface area (Å²) in [6.45, 7) is 6.94. The third kappa shape index (κ3) is 3.38. The number of rotatable bonds is 4. The van der Waals surface area contributed by atoms with Gasteiger partial charge < -0.3 is 20.1 Å². The van der Waals surface area contributed by atoms with Gasteiger partial charge in [0.1, 0.15) is 6.04 Å². The Morgan fingerprint density at radius 2 is 2.11 bits per heavy atom. The topological polar surface area (TPSA) is 61.8 Å². The largest absolute Gasteiger partial charge is 0.480 e. The van der Waals surface area contributed by atoms with E-state index in [1.807, 2.05) is 19.1 Å². The van der Waals surface area contributed by atoms with Crippen molar-refractivity contribution in [2.45, 2.75) is 19.9 Å². The Labute approximate surface area is 113 Å². The molecule has 5 heteroatoms. The summed E-state index contributed by atoms with van der Waals surface area (Å²) in [5.74, 6) is -0.850. The fraction of sp³-hybridized carbons (Fsp3) is 0.500. The van der Waals surface area contributed by atoms with E-state index >= 15 is 0 Å². The highest BCUT2D eigenvalue weighted by Gasteiger charge is 2.14. The van der Waals surface area contributed by atoms with Crippen LogP contribution in [0, 0.1) is 6.92 Å². The molecule has 1 aromatic rings. The summed E-state index contributed by atoms with van der Waals surface area (Å²) in [6, 6.07) is 5.46. The highest BCUT2D eigenvalue weighted by molar-refractivity contribution is 5.77. The third-order valence-electron chi connectivity index (χ3n) is 3.33. The van der Waals surface area contributed by atoms with Gasteiger partial charge in [0.25, 0.3) is 0 Å². The van der Waals surface area contributed by atoms with Crippen LogP contribution in [0.2, 0.25) is 0 Å². The van der Waals surface area contributed by atoms with Gasteiger partial charge in [0, 0.05) is 24.5 Å². The SMILES string of the molecule is Cc1cc(N2CCOCC2)ccc1N[C@@H](C)C(=O)O. The minimum absolute atomic E-state index is 0.590. The zero-order valence-corrected chi connectivity index (χ0v) is 11.3. The number of morpholine rings is 1. The number of hydrogen-bond donors (Lipinski definition) is 2. The van der Waals surface area contributed by atoms with E-state index in [4.69, 9.17) is 9.84 Å². The third-order valence-corrected chi connectivity index (χ3v) is 3.33. The fourth-order valence-corrected chi connectivity index (χ4v) is 2.12. The number of aryl methyl sites for hydroxylation is 1. The second-order valence-corrected chi connectivity index (χ2v) is 4.80. The number of nitrogens with zero attached hydrogens (tertiary/aromatic N) is 1. The number of benzene rings is 1. The van der Waals surface area contributed by atoms with E-state index < -0.39 is 12.0 Å². The van der Waals surface area contributed by atoms with E-state index in [1.165, 1.54) is 0 Å². The zero-order chi connectivity index (χ0) is 13.8. The van der Waals surface area contributed by atoms with Crippen LogP contribution >= 0.6 is 0 Å². The molecule has 1 atom stereocenters. The van der Waals surface area contributed by atoms with Gasteiger partial charge >= 0.3 is 5.97 Å². The van der Waals surface area contributed by atoms with Crippen molar-refractivity contribution in [3.8, 4) is 0 Å². The number of hydrogen-bond acceptors (Lipinski definition) is 4. The Bertz CT molecular complexity index is 456. The molecule has 1 aliphatic heterocycles. The summed E-state index contributed by atoms with van der Waals surface area (Å²) in [6.07, 6.45) is 0. The van der Waals surface area contributed by atoms with Crippen LogP contribution in [0.5, 0.6) is 0 Å². The average Bonchev–Trinajstić information content (AvgIpc) is 2.41. The van der Waals surface area contributed by atoms with Crippen LogP contribution in [-0.2, 0) is 9.53 Å². The van der Waals surface area contributed by atoms with E-state index in [2.05, 4.69) is 16.3 Å². The molecule has 1 fully saturated rings. The summed E-state index contributed by atoms with van der Waals surface area (Å²) in [4.78, 5) is 13.1. The van der Waals surface area contributed by atoms with Crippen LogP contribution in [-0.4, -0.2) is 43.4 Å². The predicted molar refractivity (Wildman–Crippen MR) is 74.9 cm³/mol. The number of carboxylic acid groups (broad SMARTS) is 1. The number of carbonyl (C=O) groups is 1. The first-order chi connectivity index (χ1) is 9.08. The fourth-order valence-electron chi connectivity index (χ4n) is 2.12. The lowest BCUT2D eigenvalue weighted by atomic mass is 10.1. The molecule has 1 saturated heterocycles. The molecule has 19 heavy (non-hydrogen) atoms. The molecule has 2 N–H and O–H groups in total. The minimum Gasteiger partial charge on any atom is -0.480 e. The van der Waals surface area contributed by atoms with E-state index in [-0.39, 0.29) is 0 Å². The number of aliphatic carboxylic acids is 1. The molecule has 1 aromatic carbocycles. The maximum Gasteiger partial charge on any atom is 0.325 e. The molecule has 0 spiro atoms. The van der Waals surface area contributed by atoms with Crippen molar-refractivity contribution in [3.63, 3.8) is 0 Å². The first kappa shape index (κ1) is 13.7. The molecule has 0 amide bonds. The Balaban J connectivity index is 2.10. The molecule has 2 rings (SSSR count). The summed E-state index contributed by atoms with van der Waals surface area (Å²) in [7, 11) is 0. The van der Waals surface area contributed by atoms with E-state index in [0.29, 0.717) is 0 Å². The predicted octanol–water partition coefficient (Wildman–Crippen LogP) is 1.72. The van der Waals surface area contributed by atoms with Crippen molar-refractivity contribution in [1.29, 1.82) is 0 Å². The van der Waals surface area contributed by atoms with Crippen molar-refractivity contribution >= 4 is 17.3 Å². The highest BCUT2D eigenvalue weighted by atomic mass is 16.5. The summed E-state index contributed by atoms with van der Waals surface area (Å²) >= 11 is 0. The van der Waals surface area contributed by atoms with E-state index in [0.717, 1.165) is 43.2 Å². The molecular weight excluding hydrogens is 244 g/mol. The maximum atomic E-state index is 10.8. The normalized spacial score (nSPS) is 17.1. The van der Waals surface area contributed by atoms with Gasteiger partial charge in [0.05, 0.1) is 13.2 Å². The average molecular weight is 264 g/mol. The van der Waals surface area contributed by atoms with Crippen LogP contribution in [0.15, 0.2) is 18.2 Å². The molecule has 0 saturated carbocycles. The summed E-state index contributed by atoms with van der Waals surface area (Å²) in [5.41, 5.74) is 3.08. The first-order valence-corrected chi connectivity index (χ1v) is 6.50. The first-order valence-electron chi connectivity index (χ1n) is 6.50. The molecule has 104 valence electrons. The van der Waals surface area contributed by atoms with Crippen molar-refractivity contribution in [3.05, 3.63) is 23.8 Å². The molecule has 0 unspecified atom stereocenters. The van der Waals surface area contributed by atoms with Crippen molar-refractivity contribution in [2.24, 2.45) is 0 Å². The molecule has 0 bridgehead atoms. The van der Waals surface area contributed by atoms with Crippen LogP contribution < -0.4 is 10.2 Å². The molecular formula is C14H20N2O3. The monoisotopic (exact) mass is 264 g/mol. The van der Waals surface area contributed by atoms with Gasteiger partial charge in [0.2, 0.25) is 0 Å². The van der Waals surface area contributed by atoms with Gasteiger partial charge in [-0.15, -0.1) is 0 Å². The number of ether oxygens (including phenoxy) is 1. The maximum absolute atomic E-state index is 10.8. The lowest BCUT2D eigenvalue weighted by molar-refractivity contribution is -0.137. The van der Waals surface area contributed by atoms with Crippen LogP contribution in [0.4, 0.5) is 11.4 Å². The zero-order valence-electron chi connectivity index (χ0n) is 11.3. The Hall–Kier alpha value is -1.75. The van der Waals surface area contributed by atoms with Gasteiger partial charge in [0.15, 0.2) is 0 Å². The smallest absolute Gasteiger partial charge is 0.325 e. The van der Waals surface area contributed by atoms with E-state index in [9.17, 15) is 4.79 Å². The van der Waals surface area contributed by atoms with Crippen molar-refractivity contribution in [2.75, 3.05) is 36.5 Å². The lowest BCUT2D eigenvalue weighted by Gasteiger charge is -2.29. The Morgan fingerprint density at radius 1 is 1.42 bits per heavy atom. The molecule has 5 nitrogen and oxygen atoms in total. The standard InChI is InChI=1S/C14H20N2O3/c1-10-9-12(16-5-7-19-8-6-16)3-4-13(10)15-11(2)14(17)18/h3-4,9,11,15H,5-8H2,1-2H3,(H,17,18)/t11-/m0/s1. The molecule has 1 heterocycles. The van der Waals surface area contributed by atoms with Gasteiger partial charge in [-0.2, -0.15) is 0 Å². The van der Waals surface area contributed by atoms with Gasteiger partial charge in [-0.1, -0.05) is 0 Å². The summed E-state index contributed by atoms with van der Waals surface area (Å²) in [5, 5.41) is 11.9. The van der Waals surface area contributed by atoms with Gasteiger partial charge in [-0.25, -0.2) is 0 Å². The number of nitrogens with one attached hydrogen (secondary N) is 1. The molecule has 0 aliphatic carbocycles. The molecule has 0 radical (unpaired) electrons. The molecule has 0 aromatic heterocycles. The van der Waals surface area contributed by atoms with Crippen LogP contribution in [0.1, 0.15) is 12.5 Å². The molecule has 1 aliphatic rings. The number of carboxylic acids is 1. The highest BCUT2D eigenvalue weighted by Crippen LogP contribution is 2.23. The van der Waals surface area contributed by atoms with Crippen LogP contribution in [0.3, 0.4) is 0 Å².